The average Bonchev–Trinajstić information content (AvgIpc) is 3.24. The average molecular weight is 905 g/mol. The van der Waals surface area contributed by atoms with Crippen molar-refractivity contribution < 1.29 is 0 Å². The van der Waals surface area contributed by atoms with Gasteiger partial charge in [0.2, 0.25) is 0 Å². The van der Waals surface area contributed by atoms with Crippen LogP contribution < -0.4 is 0 Å². The van der Waals surface area contributed by atoms with Crippen LogP contribution in [0.4, 0.5) is 0 Å². The van der Waals surface area contributed by atoms with Crippen LogP contribution in [-0.4, -0.2) is 29.8 Å². The zero-order valence-electron chi connectivity index (χ0n) is 40.6. The molecule has 342 valence electrons. The van der Waals surface area contributed by atoms with E-state index >= 15 is 0 Å². The maximum atomic E-state index is 2.60. The standard InChI is InChI=1S/C54H89P.4H3P/c1-9-17-40-52(41-18-10-2,54(50-36-30-26-31-37-50,51-38-32-27-33-39-51)48-49-34-28-25-29-35-49)53(42-19-11-3,43-20-12-4)55(44-21-13-5,45-22-14-6,46-23-15-7)47-24-16-8;;;;/h25-39H,9-24,40-48H2,1-8H3;4*1H3. The third-order valence-corrected chi connectivity index (χ3v) is 24.2. The van der Waals surface area contributed by atoms with Gasteiger partial charge in [-0.25, -0.2) is 0 Å². The Morgan fingerprint density at radius 2 is 0.644 bits per heavy atom. The molecule has 0 aliphatic rings. The van der Waals surface area contributed by atoms with Crippen LogP contribution in [0.15, 0.2) is 91.0 Å². The van der Waals surface area contributed by atoms with E-state index in [0.717, 1.165) is 6.42 Å². The Morgan fingerprint density at radius 1 is 0.356 bits per heavy atom. The van der Waals surface area contributed by atoms with Crippen molar-refractivity contribution in [3.63, 3.8) is 0 Å². The van der Waals surface area contributed by atoms with Gasteiger partial charge in [-0.2, -0.15) is 39.6 Å². The minimum absolute atomic E-state index is 0. The maximum Gasteiger partial charge on any atom is -0.153 e. The first-order chi connectivity index (χ1) is 26.8. The molecule has 0 amide bonds. The molecule has 3 aromatic rings. The minimum Gasteiger partial charge on any atom is -0.153 e. The molecule has 3 aromatic carbocycles. The smallest absolute Gasteiger partial charge is 0.153 e. The zero-order valence-corrected chi connectivity index (χ0v) is 47.2. The molecule has 5 heteroatoms. The van der Waals surface area contributed by atoms with E-state index in [9.17, 15) is 0 Å². The van der Waals surface area contributed by atoms with Gasteiger partial charge in [0.05, 0.1) is 0 Å². The van der Waals surface area contributed by atoms with E-state index in [1.165, 1.54) is 159 Å². The van der Waals surface area contributed by atoms with Crippen LogP contribution in [0.1, 0.15) is 200 Å². The predicted molar refractivity (Wildman–Crippen MR) is 298 cm³/mol. The molecule has 4 unspecified atom stereocenters. The number of rotatable bonds is 31. The maximum absolute atomic E-state index is 2.60. The largest absolute Gasteiger partial charge is 0.153 e. The summed E-state index contributed by atoms with van der Waals surface area (Å²) in [6.45, 7) is 17.5. The van der Waals surface area contributed by atoms with Crippen LogP contribution in [-0.2, 0) is 11.8 Å². The first kappa shape index (κ1) is 60.9. The molecule has 0 radical (unpaired) electrons. The third kappa shape index (κ3) is 13.7. The molecule has 0 N–H and O–H groups in total. The van der Waals surface area contributed by atoms with Gasteiger partial charge < -0.3 is 0 Å². The Hall–Kier alpha value is -0.190. The van der Waals surface area contributed by atoms with Gasteiger partial charge in [0.25, 0.3) is 0 Å². The van der Waals surface area contributed by atoms with Crippen molar-refractivity contribution in [1.82, 2.24) is 0 Å². The number of hydrogen-bond acceptors (Lipinski definition) is 0. The Morgan fingerprint density at radius 3 is 0.949 bits per heavy atom. The first-order valence-electron chi connectivity index (χ1n) is 24.0. The molecule has 4 atom stereocenters. The Balaban J connectivity index is 0. The van der Waals surface area contributed by atoms with Crippen LogP contribution >= 0.6 is 46.2 Å². The van der Waals surface area contributed by atoms with Gasteiger partial charge in [0.15, 0.2) is 0 Å². The van der Waals surface area contributed by atoms with Gasteiger partial charge in [0.1, 0.15) is 0 Å². The first-order valence-corrected chi connectivity index (χ1v) is 27.0. The molecule has 0 saturated heterocycles. The van der Waals surface area contributed by atoms with E-state index in [1.807, 2.05) is 0 Å². The van der Waals surface area contributed by atoms with Gasteiger partial charge >= 0.3 is 345 Å². The van der Waals surface area contributed by atoms with E-state index in [-0.39, 0.29) is 55.6 Å². The van der Waals surface area contributed by atoms with Crippen molar-refractivity contribution in [1.29, 1.82) is 0 Å². The van der Waals surface area contributed by atoms with E-state index in [0.29, 0.717) is 0 Å². The SMILES string of the molecule is CCCCC(CCCC)(C(Cc1ccccc1)(c1ccccc1)c1ccccc1)C(CCCC)(CCCC)P(CCCC)(CCCC)(CCCC)CCCC.P.P.P.P. The normalized spacial score (nSPS) is 12.6. The zero-order chi connectivity index (χ0) is 40.0. The fourth-order valence-electron chi connectivity index (χ4n) is 12.4. The molecule has 0 bridgehead atoms. The van der Waals surface area contributed by atoms with E-state index in [2.05, 4.69) is 146 Å². The Bertz CT molecular complexity index is 1310. The van der Waals surface area contributed by atoms with Crippen LogP contribution in [0.3, 0.4) is 0 Å². The van der Waals surface area contributed by atoms with Crippen molar-refractivity contribution >= 4 is 46.2 Å². The van der Waals surface area contributed by atoms with Crippen LogP contribution in [0.5, 0.6) is 0 Å². The molecule has 3 rings (SSSR count). The van der Waals surface area contributed by atoms with Gasteiger partial charge in [-0.1, -0.05) is 0 Å². The van der Waals surface area contributed by atoms with Gasteiger partial charge in [0, 0.05) is 0 Å². The number of benzene rings is 3. The second-order valence-corrected chi connectivity index (χ2v) is 24.7. The summed E-state index contributed by atoms with van der Waals surface area (Å²) in [4.78, 5) is 0. The summed E-state index contributed by atoms with van der Waals surface area (Å²) < 4.78 is 0. The topological polar surface area (TPSA) is 0 Å². The Labute approximate surface area is 382 Å². The quantitative estimate of drug-likeness (QED) is 0.0565. The van der Waals surface area contributed by atoms with Crippen molar-refractivity contribution in [2.75, 3.05) is 24.6 Å². The second-order valence-electron chi connectivity index (χ2n) is 18.1. The molecule has 0 aliphatic carbocycles. The molecule has 0 heterocycles. The van der Waals surface area contributed by atoms with Crippen LogP contribution in [0.2, 0.25) is 0 Å². The van der Waals surface area contributed by atoms with Crippen molar-refractivity contribution in [3.05, 3.63) is 108 Å². The number of hydrogen-bond donors (Lipinski definition) is 0. The summed E-state index contributed by atoms with van der Waals surface area (Å²) >= 11 is 0. The summed E-state index contributed by atoms with van der Waals surface area (Å²) in [7, 11) is 0. The molecule has 0 spiro atoms. The summed E-state index contributed by atoms with van der Waals surface area (Å²) in [6, 6.07) is 36.4. The van der Waals surface area contributed by atoms with Crippen molar-refractivity contribution in [2.24, 2.45) is 5.41 Å². The molecule has 59 heavy (non-hydrogen) atoms. The van der Waals surface area contributed by atoms with Crippen LogP contribution in [0, 0.1) is 5.41 Å². The molecule has 0 saturated carbocycles. The summed E-state index contributed by atoms with van der Waals surface area (Å²) in [5, 5.41) is 0.282. The molecule has 0 aliphatic heterocycles. The predicted octanol–water partition coefficient (Wildman–Crippen LogP) is 17.7. The molecular weight excluding hydrogens is 803 g/mol. The fraction of sp³-hybridized carbons (Fsp3) is 0.667. The summed E-state index contributed by atoms with van der Waals surface area (Å²) in [5.41, 5.74) is 4.61. The van der Waals surface area contributed by atoms with Gasteiger partial charge in [-0.15, -0.1) is 0 Å². The van der Waals surface area contributed by atoms with Crippen molar-refractivity contribution in [2.45, 2.75) is 201 Å². The minimum atomic E-state index is -2.56. The summed E-state index contributed by atoms with van der Waals surface area (Å²) in [6.07, 6.45) is 34.1. The monoisotopic (exact) mass is 905 g/mol. The van der Waals surface area contributed by atoms with Gasteiger partial charge in [-0.3, -0.25) is 0 Å². The summed E-state index contributed by atoms with van der Waals surface area (Å²) in [5.74, 6) is 0. The molecule has 0 nitrogen and oxygen atoms in total. The van der Waals surface area contributed by atoms with E-state index in [4.69, 9.17) is 0 Å². The molecule has 0 fully saturated rings. The van der Waals surface area contributed by atoms with Gasteiger partial charge in [-0.05, 0) is 0 Å². The van der Waals surface area contributed by atoms with Crippen molar-refractivity contribution in [3.8, 4) is 0 Å². The molecule has 0 aromatic heterocycles. The van der Waals surface area contributed by atoms with Crippen LogP contribution in [0.25, 0.3) is 0 Å². The third-order valence-electron chi connectivity index (χ3n) is 15.0. The number of unbranched alkanes of at least 4 members (excludes halogenated alkanes) is 8. The van der Waals surface area contributed by atoms with E-state index in [1.54, 1.807) is 11.1 Å². The van der Waals surface area contributed by atoms with E-state index < -0.39 is 6.60 Å². The Kier molecular flexibility index (Phi) is 32.6. The second kappa shape index (κ2) is 31.6. The molecular formula is C54H101P5. The fourth-order valence-corrected chi connectivity index (χ4v) is 23.2.